The highest BCUT2D eigenvalue weighted by Gasteiger charge is 2.68. The van der Waals surface area contributed by atoms with Gasteiger partial charge in [0.1, 0.15) is 12.7 Å². The van der Waals surface area contributed by atoms with Crippen LogP contribution in [0, 0.1) is 28.6 Å². The Kier molecular flexibility index (Phi) is 4.99. The average molecular weight is 407 g/mol. The van der Waals surface area contributed by atoms with Crippen LogP contribution in [0.5, 0.6) is 0 Å². The number of allylic oxidation sites excluding steroid dienone is 1. The van der Waals surface area contributed by atoms with Crippen molar-refractivity contribution in [1.29, 1.82) is 0 Å². The Hall–Kier alpha value is -1.24. The van der Waals surface area contributed by atoms with E-state index in [0.717, 1.165) is 25.7 Å². The fourth-order valence-electron chi connectivity index (χ4n) is 7.61. The summed E-state index contributed by atoms with van der Waals surface area (Å²) in [5.74, 6) is 0.205. The second-order valence-corrected chi connectivity index (χ2v) is 10.4. The van der Waals surface area contributed by atoms with Crippen LogP contribution in [0.3, 0.4) is 0 Å². The summed E-state index contributed by atoms with van der Waals surface area (Å²) in [5, 5.41) is 33.6. The van der Waals surface area contributed by atoms with Gasteiger partial charge in [-0.1, -0.05) is 19.4 Å². The quantitative estimate of drug-likeness (QED) is 0.621. The van der Waals surface area contributed by atoms with Crippen molar-refractivity contribution >= 4 is 11.8 Å². The van der Waals surface area contributed by atoms with Crippen molar-refractivity contribution < 1.29 is 29.6 Å². The zero-order valence-electron chi connectivity index (χ0n) is 17.7. The molecule has 3 saturated carbocycles. The molecule has 0 radical (unpaired) electrons. The number of carbonyl (C=O) groups excluding carboxylic acids is 2. The minimum absolute atomic E-state index is 0.0710. The summed E-state index contributed by atoms with van der Waals surface area (Å²) in [5.41, 5.74) is -1.02. The molecular weight excluding hydrogens is 372 g/mol. The maximum atomic E-state index is 12.0. The largest absolute Gasteiger partial charge is 0.463 e. The van der Waals surface area contributed by atoms with E-state index in [1.807, 2.05) is 13.0 Å². The Labute approximate surface area is 172 Å². The predicted molar refractivity (Wildman–Crippen MR) is 106 cm³/mol. The van der Waals surface area contributed by atoms with Crippen molar-refractivity contribution in [3.8, 4) is 0 Å². The highest BCUT2D eigenvalue weighted by molar-refractivity contribution is 5.91. The lowest BCUT2D eigenvalue weighted by atomic mass is 9.45. The predicted octanol–water partition coefficient (Wildman–Crippen LogP) is 2.14. The van der Waals surface area contributed by atoms with Gasteiger partial charge in [0.15, 0.2) is 5.78 Å². The fraction of sp³-hybridized carbons (Fsp3) is 0.826. The van der Waals surface area contributed by atoms with Gasteiger partial charge in [-0.15, -0.1) is 0 Å². The summed E-state index contributed by atoms with van der Waals surface area (Å²) in [6.45, 7) is 5.24. The van der Waals surface area contributed by atoms with Crippen molar-refractivity contribution in [1.82, 2.24) is 0 Å². The first kappa shape index (κ1) is 21.0. The van der Waals surface area contributed by atoms with Gasteiger partial charge in [-0.2, -0.15) is 0 Å². The molecule has 6 nitrogen and oxygen atoms in total. The van der Waals surface area contributed by atoms with E-state index in [1.165, 1.54) is 12.5 Å². The van der Waals surface area contributed by atoms with E-state index in [4.69, 9.17) is 4.74 Å². The molecule has 0 aliphatic heterocycles. The van der Waals surface area contributed by atoms with Crippen LogP contribution in [-0.2, 0) is 14.3 Å². The van der Waals surface area contributed by atoms with Gasteiger partial charge in [-0.25, -0.2) is 0 Å². The first-order valence-corrected chi connectivity index (χ1v) is 11.0. The normalized spacial score (nSPS) is 47.5. The molecule has 0 heterocycles. The molecule has 3 fully saturated rings. The average Bonchev–Trinajstić information content (AvgIpc) is 2.91. The van der Waals surface area contributed by atoms with Crippen LogP contribution in [0.4, 0.5) is 0 Å². The van der Waals surface area contributed by atoms with Crippen LogP contribution in [0.25, 0.3) is 0 Å². The molecule has 162 valence electrons. The van der Waals surface area contributed by atoms with Gasteiger partial charge < -0.3 is 20.1 Å². The molecule has 4 rings (SSSR count). The zero-order valence-corrected chi connectivity index (χ0v) is 17.7. The van der Waals surface area contributed by atoms with E-state index in [9.17, 15) is 24.9 Å². The maximum Gasteiger partial charge on any atom is 0.302 e. The number of esters is 1. The van der Waals surface area contributed by atoms with Crippen molar-refractivity contribution in [2.75, 3.05) is 6.61 Å². The van der Waals surface area contributed by atoms with Gasteiger partial charge in [0.25, 0.3) is 0 Å². The SMILES string of the molecule is CC(=O)OC[C@H](O)[C@@]1(O)CC[C@@H]2[C@H]3CCC4=CC(=O)CC[C@]4(C)[C@H]3[C@@H](O)C[C@@]21C. The van der Waals surface area contributed by atoms with Crippen LogP contribution in [0.2, 0.25) is 0 Å². The van der Waals surface area contributed by atoms with E-state index in [0.29, 0.717) is 19.3 Å². The fourth-order valence-corrected chi connectivity index (χ4v) is 7.61. The summed E-state index contributed by atoms with van der Waals surface area (Å²) >= 11 is 0. The molecule has 0 aromatic heterocycles. The van der Waals surface area contributed by atoms with Crippen molar-refractivity contribution in [3.05, 3.63) is 11.6 Å². The molecule has 0 bridgehead atoms. The van der Waals surface area contributed by atoms with E-state index in [2.05, 4.69) is 6.92 Å². The highest BCUT2D eigenvalue weighted by atomic mass is 16.5. The summed E-state index contributed by atoms with van der Waals surface area (Å²) < 4.78 is 4.99. The third-order valence-electron chi connectivity index (χ3n) is 9.11. The lowest BCUT2D eigenvalue weighted by Crippen LogP contribution is -2.63. The Morgan fingerprint density at radius 3 is 2.69 bits per heavy atom. The van der Waals surface area contributed by atoms with Crippen LogP contribution in [0.1, 0.15) is 65.7 Å². The van der Waals surface area contributed by atoms with Gasteiger partial charge in [0.2, 0.25) is 0 Å². The number of fused-ring (bicyclic) bond motifs is 5. The second kappa shape index (κ2) is 6.89. The first-order chi connectivity index (χ1) is 13.5. The van der Waals surface area contributed by atoms with Crippen LogP contribution >= 0.6 is 0 Å². The lowest BCUT2D eigenvalue weighted by Gasteiger charge is -2.61. The second-order valence-electron chi connectivity index (χ2n) is 10.4. The van der Waals surface area contributed by atoms with Crippen molar-refractivity contribution in [2.45, 2.75) is 83.5 Å². The van der Waals surface area contributed by atoms with Gasteiger partial charge in [0, 0.05) is 18.8 Å². The summed E-state index contributed by atoms with van der Waals surface area (Å²) in [4.78, 5) is 23.1. The third-order valence-corrected chi connectivity index (χ3v) is 9.11. The molecule has 0 amide bonds. The van der Waals surface area contributed by atoms with Crippen molar-refractivity contribution in [2.24, 2.45) is 28.6 Å². The number of ether oxygens (including phenoxy) is 1. The number of aliphatic hydroxyl groups excluding tert-OH is 2. The van der Waals surface area contributed by atoms with Crippen LogP contribution in [0.15, 0.2) is 11.6 Å². The smallest absolute Gasteiger partial charge is 0.302 e. The van der Waals surface area contributed by atoms with Gasteiger partial charge in [0.05, 0.1) is 11.7 Å². The van der Waals surface area contributed by atoms with E-state index in [-0.39, 0.29) is 35.6 Å². The van der Waals surface area contributed by atoms with E-state index in [1.54, 1.807) is 0 Å². The Morgan fingerprint density at radius 1 is 1.28 bits per heavy atom. The standard InChI is InChI=1S/C23H34O6/c1-13(24)29-12-19(27)23(28)9-7-17-16-5-4-14-10-15(25)6-8-21(14,2)20(16)18(26)11-22(17,23)3/h10,16-20,26-28H,4-9,11-12H2,1-3H3/t16-,17-,18+,19+,20-,21+,22+,23+/m1/s1. The summed E-state index contributed by atoms with van der Waals surface area (Å²) in [7, 11) is 0. The zero-order chi connectivity index (χ0) is 21.2. The van der Waals surface area contributed by atoms with E-state index < -0.39 is 29.2 Å². The number of rotatable bonds is 3. The van der Waals surface area contributed by atoms with Crippen molar-refractivity contribution in [3.63, 3.8) is 0 Å². The molecule has 3 N–H and O–H groups in total. The third kappa shape index (κ3) is 2.94. The lowest BCUT2D eigenvalue weighted by molar-refractivity contribution is -0.210. The number of aliphatic hydroxyl groups is 3. The minimum atomic E-state index is -1.39. The molecule has 4 aliphatic carbocycles. The number of ketones is 1. The Balaban J connectivity index is 1.65. The minimum Gasteiger partial charge on any atom is -0.463 e. The maximum absolute atomic E-state index is 12.0. The van der Waals surface area contributed by atoms with Gasteiger partial charge in [-0.3, -0.25) is 9.59 Å². The summed E-state index contributed by atoms with van der Waals surface area (Å²) in [6, 6.07) is 0. The number of hydrogen-bond donors (Lipinski definition) is 3. The topological polar surface area (TPSA) is 104 Å². The Morgan fingerprint density at radius 2 is 2.00 bits per heavy atom. The van der Waals surface area contributed by atoms with Crippen LogP contribution < -0.4 is 0 Å². The van der Waals surface area contributed by atoms with Crippen LogP contribution in [-0.4, -0.2) is 51.5 Å². The number of carbonyl (C=O) groups is 2. The molecule has 6 heteroatoms. The molecular formula is C23H34O6. The molecule has 4 aliphatic rings. The molecule has 0 aromatic rings. The summed E-state index contributed by atoms with van der Waals surface area (Å²) in [6.07, 6.45) is 4.72. The molecule has 29 heavy (non-hydrogen) atoms. The molecule has 0 aromatic carbocycles. The van der Waals surface area contributed by atoms with E-state index >= 15 is 0 Å². The molecule has 0 spiro atoms. The first-order valence-electron chi connectivity index (χ1n) is 11.0. The number of hydrogen-bond acceptors (Lipinski definition) is 6. The monoisotopic (exact) mass is 406 g/mol. The molecule has 0 saturated heterocycles. The molecule has 8 atom stereocenters. The highest BCUT2D eigenvalue weighted by Crippen LogP contribution is 2.68. The van der Waals surface area contributed by atoms with Gasteiger partial charge >= 0.3 is 5.97 Å². The molecule has 0 unspecified atom stereocenters. The van der Waals surface area contributed by atoms with Gasteiger partial charge in [-0.05, 0) is 67.8 Å². The Bertz CT molecular complexity index is 746.